The number of hydrogen-bond donors (Lipinski definition) is 1. The summed E-state index contributed by atoms with van der Waals surface area (Å²) >= 11 is 1.57. The highest BCUT2D eigenvalue weighted by Crippen LogP contribution is 2.42. The summed E-state index contributed by atoms with van der Waals surface area (Å²) in [5.74, 6) is 1.44. The molecule has 12 heteroatoms. The number of benzene rings is 1. The molecule has 1 aromatic carbocycles. The monoisotopic (exact) mass is 584 g/mol. The van der Waals surface area contributed by atoms with Gasteiger partial charge in [0, 0.05) is 44.1 Å². The number of rotatable bonds is 8. The Hall–Kier alpha value is -4.13. The van der Waals surface area contributed by atoms with Crippen LogP contribution in [0.25, 0.3) is 38.0 Å². The van der Waals surface area contributed by atoms with Crippen LogP contribution in [0, 0.1) is 6.92 Å². The second-order valence-corrected chi connectivity index (χ2v) is 11.6. The first-order valence-electron chi connectivity index (χ1n) is 14.3. The van der Waals surface area contributed by atoms with Crippen LogP contribution < -0.4 is 10.1 Å². The Bertz CT molecular complexity index is 1710. The maximum absolute atomic E-state index is 11.7. The van der Waals surface area contributed by atoms with Crippen LogP contribution in [0.1, 0.15) is 31.2 Å². The molecule has 2 aliphatic rings. The highest BCUT2D eigenvalue weighted by atomic mass is 32.1. The number of amides is 1. The van der Waals surface area contributed by atoms with Crippen LogP contribution in [0.5, 0.6) is 5.75 Å². The molecule has 2 fully saturated rings. The summed E-state index contributed by atoms with van der Waals surface area (Å²) in [6.45, 7) is 5.84. The van der Waals surface area contributed by atoms with Crippen molar-refractivity contribution in [3.05, 3.63) is 60.7 Å². The van der Waals surface area contributed by atoms with Crippen molar-refractivity contribution in [1.29, 1.82) is 0 Å². The molecule has 2 saturated heterocycles. The number of aryl methyl sites for hydroxylation is 1. The molecule has 4 aromatic heterocycles. The van der Waals surface area contributed by atoms with Crippen molar-refractivity contribution in [2.24, 2.45) is 0 Å². The van der Waals surface area contributed by atoms with E-state index in [0.717, 1.165) is 76.1 Å². The Morgan fingerprint density at radius 2 is 2.07 bits per heavy atom. The normalized spacial score (nSPS) is 17.9. The lowest BCUT2D eigenvalue weighted by Crippen LogP contribution is -2.48. The highest BCUT2D eigenvalue weighted by Gasteiger charge is 2.25. The number of ether oxygens (including phenoxy) is 2. The van der Waals surface area contributed by atoms with E-state index >= 15 is 0 Å². The molecule has 0 aliphatic carbocycles. The molecule has 1 atom stereocenters. The van der Waals surface area contributed by atoms with Gasteiger partial charge in [0.15, 0.2) is 12.1 Å². The largest absolute Gasteiger partial charge is 0.492 e. The number of nitrogens with one attached hydrogen (secondary N) is 1. The number of hydrogen-bond acceptors (Lipinski definition) is 9. The number of nitrogens with zero attached hydrogens (tertiary/aromatic N) is 7. The molecule has 1 amide bonds. The van der Waals surface area contributed by atoms with Crippen LogP contribution in [0.3, 0.4) is 0 Å². The molecule has 5 aromatic rings. The third kappa shape index (κ3) is 5.40. The van der Waals surface area contributed by atoms with E-state index in [1.54, 1.807) is 17.7 Å². The van der Waals surface area contributed by atoms with Crippen molar-refractivity contribution < 1.29 is 14.3 Å². The summed E-state index contributed by atoms with van der Waals surface area (Å²) in [7, 11) is 0. The van der Waals surface area contributed by atoms with Crippen LogP contribution in [0.4, 0.5) is 0 Å². The second kappa shape index (κ2) is 11.6. The topological polar surface area (TPSA) is 112 Å². The Balaban J connectivity index is 1.21. The molecule has 0 bridgehead atoms. The third-order valence-electron chi connectivity index (χ3n) is 7.63. The highest BCUT2D eigenvalue weighted by molar-refractivity contribution is 7.19. The van der Waals surface area contributed by atoms with E-state index in [1.165, 1.54) is 0 Å². The summed E-state index contributed by atoms with van der Waals surface area (Å²) in [5.41, 5.74) is 4.59. The molecule has 0 saturated carbocycles. The maximum atomic E-state index is 11.7. The van der Waals surface area contributed by atoms with Crippen LogP contribution >= 0.6 is 11.3 Å². The van der Waals surface area contributed by atoms with Crippen molar-refractivity contribution in [2.45, 2.75) is 32.4 Å². The van der Waals surface area contributed by atoms with E-state index in [1.807, 2.05) is 52.6 Å². The van der Waals surface area contributed by atoms with Gasteiger partial charge in [-0.2, -0.15) is 5.10 Å². The average molecular weight is 585 g/mol. The fraction of sp³-hybridized carbons (Fsp3) is 0.367. The predicted molar refractivity (Wildman–Crippen MR) is 159 cm³/mol. The Morgan fingerprint density at radius 3 is 2.90 bits per heavy atom. The molecule has 42 heavy (non-hydrogen) atoms. The Labute approximate surface area is 247 Å². The zero-order chi connectivity index (χ0) is 28.5. The number of fused-ring (bicyclic) bond motifs is 1. The van der Waals surface area contributed by atoms with Gasteiger partial charge in [0.05, 0.1) is 29.0 Å². The molecule has 7 rings (SSSR count). The predicted octanol–water partition coefficient (Wildman–Crippen LogP) is 4.20. The van der Waals surface area contributed by atoms with Gasteiger partial charge in [0.25, 0.3) is 0 Å². The number of thiazole rings is 1. The van der Waals surface area contributed by atoms with E-state index in [2.05, 4.69) is 22.3 Å². The SMILES string of the molecule is Cc1nn2ccc(OCCN3CCNC(=O)C3)cc2c1-c1nc(-c2ccccc2)c(-c2ncn(C3CCCCO3)n2)s1. The van der Waals surface area contributed by atoms with Gasteiger partial charge < -0.3 is 14.8 Å². The summed E-state index contributed by atoms with van der Waals surface area (Å²) in [5, 5.41) is 13.3. The lowest BCUT2D eigenvalue weighted by Gasteiger charge is -2.26. The first-order chi connectivity index (χ1) is 20.6. The van der Waals surface area contributed by atoms with Crippen molar-refractivity contribution in [2.75, 3.05) is 39.4 Å². The third-order valence-corrected chi connectivity index (χ3v) is 8.69. The fourth-order valence-corrected chi connectivity index (χ4v) is 6.62. The zero-order valence-corrected chi connectivity index (χ0v) is 24.2. The summed E-state index contributed by atoms with van der Waals surface area (Å²) in [6, 6.07) is 14.1. The van der Waals surface area contributed by atoms with Gasteiger partial charge in [-0.15, -0.1) is 16.4 Å². The summed E-state index contributed by atoms with van der Waals surface area (Å²) in [4.78, 5) is 24.5. The molecular weight excluding hydrogens is 552 g/mol. The fourth-order valence-electron chi connectivity index (χ4n) is 5.49. The first kappa shape index (κ1) is 26.7. The molecule has 2 aliphatic heterocycles. The van der Waals surface area contributed by atoms with Gasteiger partial charge in [-0.25, -0.2) is 19.2 Å². The van der Waals surface area contributed by atoms with Crippen LogP contribution in [0.15, 0.2) is 55.0 Å². The zero-order valence-electron chi connectivity index (χ0n) is 23.4. The molecule has 0 spiro atoms. The van der Waals surface area contributed by atoms with E-state index in [-0.39, 0.29) is 12.1 Å². The van der Waals surface area contributed by atoms with E-state index in [4.69, 9.17) is 29.6 Å². The van der Waals surface area contributed by atoms with Crippen LogP contribution in [0.2, 0.25) is 0 Å². The second-order valence-electron chi connectivity index (χ2n) is 10.6. The van der Waals surface area contributed by atoms with E-state index in [0.29, 0.717) is 32.1 Å². The number of carbonyl (C=O) groups excluding carboxylic acids is 1. The molecule has 1 unspecified atom stereocenters. The van der Waals surface area contributed by atoms with Crippen molar-refractivity contribution in [3.8, 4) is 38.3 Å². The first-order valence-corrected chi connectivity index (χ1v) is 15.1. The maximum Gasteiger partial charge on any atom is 0.234 e. The average Bonchev–Trinajstić information content (AvgIpc) is 3.75. The number of piperazine rings is 1. The smallest absolute Gasteiger partial charge is 0.234 e. The van der Waals surface area contributed by atoms with E-state index < -0.39 is 0 Å². The lowest BCUT2D eigenvalue weighted by atomic mass is 10.1. The van der Waals surface area contributed by atoms with Gasteiger partial charge in [0.1, 0.15) is 28.6 Å². The number of pyridine rings is 1. The molecule has 11 nitrogen and oxygen atoms in total. The summed E-state index contributed by atoms with van der Waals surface area (Å²) < 4.78 is 15.8. The minimum Gasteiger partial charge on any atom is -0.492 e. The van der Waals surface area contributed by atoms with Gasteiger partial charge >= 0.3 is 0 Å². The lowest BCUT2D eigenvalue weighted by molar-refractivity contribution is -0.124. The van der Waals surface area contributed by atoms with Crippen molar-refractivity contribution in [3.63, 3.8) is 0 Å². The molecule has 0 radical (unpaired) electrons. The van der Waals surface area contributed by atoms with Crippen molar-refractivity contribution in [1.82, 2.24) is 39.6 Å². The molecular formula is C30H32N8O3S. The van der Waals surface area contributed by atoms with Gasteiger partial charge in [-0.05, 0) is 32.3 Å². The van der Waals surface area contributed by atoms with Gasteiger partial charge in [-0.3, -0.25) is 9.69 Å². The Morgan fingerprint density at radius 1 is 1.17 bits per heavy atom. The van der Waals surface area contributed by atoms with Crippen molar-refractivity contribution >= 4 is 22.8 Å². The van der Waals surface area contributed by atoms with Crippen LogP contribution in [-0.4, -0.2) is 79.6 Å². The minimum absolute atomic E-state index is 0.0593. The van der Waals surface area contributed by atoms with E-state index in [9.17, 15) is 4.79 Å². The van der Waals surface area contributed by atoms with Gasteiger partial charge in [0.2, 0.25) is 5.91 Å². The standard InChI is InChI=1S/C30H32N8O3S/c1-20-26(23-17-22(10-12-37(23)34-20)40-16-14-36-13-11-31-24(39)18-36)30-33-27(21-7-3-2-4-8-21)28(42-30)29-32-19-38(35-29)25-9-5-6-15-41-25/h2-4,7-8,10,12,17,19,25H,5-6,9,11,13-16,18H2,1H3,(H,31,39). The minimum atomic E-state index is -0.0834. The van der Waals surface area contributed by atoms with Gasteiger partial charge in [-0.1, -0.05) is 30.3 Å². The molecule has 1 N–H and O–H groups in total. The van der Waals surface area contributed by atoms with Crippen LogP contribution in [-0.2, 0) is 9.53 Å². The summed E-state index contributed by atoms with van der Waals surface area (Å²) in [6.07, 6.45) is 6.73. The number of carbonyl (C=O) groups is 1. The molecule has 216 valence electrons. The quantitative estimate of drug-likeness (QED) is 0.289. The Kier molecular flexibility index (Phi) is 7.41. The molecule has 6 heterocycles. The number of aromatic nitrogens is 6.